The molecule has 0 rings (SSSR count). The first-order valence-corrected chi connectivity index (χ1v) is 3.40. The van der Waals surface area contributed by atoms with Gasteiger partial charge in [-0.2, -0.15) is 0 Å². The van der Waals surface area contributed by atoms with E-state index in [1.165, 1.54) is 0 Å². The SMILES string of the molecule is [F][GeH]([F])[F]. The fourth-order valence-electron chi connectivity index (χ4n) is 0. The molecule has 0 aromatic carbocycles. The summed E-state index contributed by atoms with van der Waals surface area (Å²) in [6, 6.07) is 0. The standard InChI is InChI=1S/F3GeH/c1-4(2)3/h4H. The van der Waals surface area contributed by atoms with Crippen molar-refractivity contribution in [3.63, 3.8) is 0 Å². The second-order valence-electron chi connectivity index (χ2n) is 0.247. The minimum atomic E-state index is -4.98. The molecule has 4 heavy (non-hydrogen) atoms. The van der Waals surface area contributed by atoms with Crippen LogP contribution in [0.2, 0.25) is 0 Å². The van der Waals surface area contributed by atoms with Crippen LogP contribution in [0, 0.1) is 0 Å². The molecule has 0 bridgehead atoms. The van der Waals surface area contributed by atoms with Crippen molar-refractivity contribution in [2.75, 3.05) is 0 Å². The van der Waals surface area contributed by atoms with Gasteiger partial charge in [-0.25, -0.2) is 0 Å². The minimum absolute atomic E-state index is 4.98. The molecule has 0 aliphatic carbocycles. The molecule has 0 aromatic rings. The molecule has 0 spiro atoms. The van der Waals surface area contributed by atoms with Crippen molar-refractivity contribution in [3.8, 4) is 0 Å². The molecule has 0 aliphatic heterocycles. The van der Waals surface area contributed by atoms with Gasteiger partial charge in [0.1, 0.15) is 0 Å². The zero-order valence-electron chi connectivity index (χ0n) is 1.71. The van der Waals surface area contributed by atoms with Gasteiger partial charge in [0.2, 0.25) is 0 Å². The average Bonchev–Trinajstić information content (AvgIpc) is 0.811. The van der Waals surface area contributed by atoms with Crippen LogP contribution < -0.4 is 0 Å². The monoisotopic (exact) mass is 132 g/mol. The van der Waals surface area contributed by atoms with Crippen LogP contribution in [0.3, 0.4) is 0 Å². The van der Waals surface area contributed by atoms with E-state index in [4.69, 9.17) is 0 Å². The fourth-order valence-corrected chi connectivity index (χ4v) is 0. The Morgan fingerprint density at radius 2 is 1.00 bits per heavy atom. The Bertz CT molecular complexity index is 8.00. The molecule has 0 heterocycles. The van der Waals surface area contributed by atoms with Gasteiger partial charge in [-0.15, -0.1) is 0 Å². The maximum absolute atomic E-state index is 9.85. The third-order valence-electron chi connectivity index (χ3n) is 0. The van der Waals surface area contributed by atoms with E-state index in [0.717, 1.165) is 0 Å². The summed E-state index contributed by atoms with van der Waals surface area (Å²) in [6.07, 6.45) is 0. The summed E-state index contributed by atoms with van der Waals surface area (Å²) in [7, 11) is 0. The summed E-state index contributed by atoms with van der Waals surface area (Å²) in [6.45, 7) is 0. The zero-order valence-corrected chi connectivity index (χ0v) is 4.13. The summed E-state index contributed by atoms with van der Waals surface area (Å²) in [4.78, 5) is 0. The van der Waals surface area contributed by atoms with Crippen LogP contribution in [0.15, 0.2) is 0 Å². The van der Waals surface area contributed by atoms with Crippen LogP contribution >= 0.6 is 0 Å². The first-order valence-electron chi connectivity index (χ1n) is 0.655. The molecule has 0 radical (unpaired) electrons. The van der Waals surface area contributed by atoms with Crippen molar-refractivity contribution in [1.29, 1.82) is 0 Å². The topological polar surface area (TPSA) is 0 Å². The van der Waals surface area contributed by atoms with Crippen LogP contribution in [-0.4, -0.2) is 15.7 Å². The molecular formula is HF3Ge. The molecule has 0 aromatic heterocycles. The van der Waals surface area contributed by atoms with Gasteiger partial charge < -0.3 is 0 Å². The third kappa shape index (κ3) is 37.4. The van der Waals surface area contributed by atoms with Crippen molar-refractivity contribution < 1.29 is 10.5 Å². The summed E-state index contributed by atoms with van der Waals surface area (Å²) in [5.74, 6) is 0. The first-order chi connectivity index (χ1) is 1.73. The van der Waals surface area contributed by atoms with Gasteiger partial charge in [-0.3, -0.25) is 0 Å². The van der Waals surface area contributed by atoms with Gasteiger partial charge in [-0.1, -0.05) is 0 Å². The molecule has 4 heteroatoms. The van der Waals surface area contributed by atoms with Gasteiger partial charge in [0.05, 0.1) is 0 Å². The number of halogens is 3. The number of rotatable bonds is 0. The van der Waals surface area contributed by atoms with E-state index in [0.29, 0.717) is 0 Å². The van der Waals surface area contributed by atoms with Gasteiger partial charge in [0.25, 0.3) is 0 Å². The van der Waals surface area contributed by atoms with E-state index in [-0.39, 0.29) is 0 Å². The van der Waals surface area contributed by atoms with Crippen LogP contribution in [-0.2, 0) is 0 Å². The van der Waals surface area contributed by atoms with E-state index >= 15 is 0 Å². The van der Waals surface area contributed by atoms with Gasteiger partial charge in [0, 0.05) is 0 Å². The molecule has 0 fully saturated rings. The summed E-state index contributed by atoms with van der Waals surface area (Å²) in [5.41, 5.74) is 0. The Morgan fingerprint density at radius 1 is 1.00 bits per heavy atom. The quantitative estimate of drug-likeness (QED) is 0.422. The predicted molar refractivity (Wildman–Crippen MR) is 10.5 cm³/mol. The van der Waals surface area contributed by atoms with E-state index in [2.05, 4.69) is 0 Å². The van der Waals surface area contributed by atoms with Crippen molar-refractivity contribution in [1.82, 2.24) is 0 Å². The molecular weight excluding hydrogens is 130 g/mol. The fraction of sp³-hybridized carbons (Fsp3) is 0. The van der Waals surface area contributed by atoms with Crippen LogP contribution in [0.4, 0.5) is 10.5 Å². The van der Waals surface area contributed by atoms with E-state index in [1.807, 2.05) is 0 Å². The van der Waals surface area contributed by atoms with E-state index < -0.39 is 15.7 Å². The maximum atomic E-state index is 9.85. The Labute approximate surface area is 27.2 Å². The number of hydrogen-bond donors (Lipinski definition) is 0. The molecule has 0 saturated heterocycles. The van der Waals surface area contributed by atoms with Crippen molar-refractivity contribution >= 4 is 15.7 Å². The van der Waals surface area contributed by atoms with E-state index in [1.54, 1.807) is 0 Å². The van der Waals surface area contributed by atoms with Crippen LogP contribution in [0.1, 0.15) is 0 Å². The molecule has 0 atom stereocenters. The molecule has 0 nitrogen and oxygen atoms in total. The van der Waals surface area contributed by atoms with Gasteiger partial charge in [-0.05, 0) is 0 Å². The summed E-state index contributed by atoms with van der Waals surface area (Å²) >= 11 is -4.98. The molecule has 0 amide bonds. The molecule has 0 saturated carbocycles. The van der Waals surface area contributed by atoms with Crippen molar-refractivity contribution in [2.24, 2.45) is 0 Å². The molecule has 0 aliphatic rings. The van der Waals surface area contributed by atoms with E-state index in [9.17, 15) is 10.5 Å². The van der Waals surface area contributed by atoms with Gasteiger partial charge >= 0.3 is 26.2 Å². The summed E-state index contributed by atoms with van der Waals surface area (Å²) in [5, 5.41) is 0. The average molecular weight is 131 g/mol. The Hall–Kier alpha value is 0.333. The predicted octanol–water partition coefficient (Wildman–Crippen LogP) is 0.612. The molecule has 0 unspecified atom stereocenters. The van der Waals surface area contributed by atoms with Crippen LogP contribution in [0.5, 0.6) is 0 Å². The second-order valence-corrected chi connectivity index (χ2v) is 1.29. The number of hydrogen-bond acceptors (Lipinski definition) is 0. The Morgan fingerprint density at radius 3 is 1.00 bits per heavy atom. The van der Waals surface area contributed by atoms with Crippen molar-refractivity contribution in [3.05, 3.63) is 0 Å². The van der Waals surface area contributed by atoms with Gasteiger partial charge in [0.15, 0.2) is 0 Å². The molecule has 0 N–H and O–H groups in total. The van der Waals surface area contributed by atoms with Crippen LogP contribution in [0.25, 0.3) is 0 Å². The summed E-state index contributed by atoms with van der Waals surface area (Å²) < 4.78 is 29.6. The second kappa shape index (κ2) is 1.63. The third-order valence-corrected chi connectivity index (χ3v) is 0. The Balaban J connectivity index is 2.32. The normalized spacial score (nSPS) is 9.00. The zero-order chi connectivity index (χ0) is 3.58. The Kier molecular flexibility index (Phi) is 1.77. The first kappa shape index (κ1) is 4.33. The molecule has 26 valence electrons. The van der Waals surface area contributed by atoms with Crippen molar-refractivity contribution in [2.45, 2.75) is 0 Å².